The second-order valence-corrected chi connectivity index (χ2v) is 8.79. The lowest BCUT2D eigenvalue weighted by Crippen LogP contribution is -2.41. The largest absolute Gasteiger partial charge is 0.480 e. The van der Waals surface area contributed by atoms with Gasteiger partial charge in [-0.2, -0.15) is 0 Å². The molecule has 1 heterocycles. The van der Waals surface area contributed by atoms with Crippen LogP contribution in [0.15, 0.2) is 36.4 Å². The number of amides is 1. The molecule has 0 saturated carbocycles. The molecule has 0 fully saturated rings. The lowest BCUT2D eigenvalue weighted by atomic mass is 10.0. The average molecular weight is 406 g/mol. The van der Waals surface area contributed by atoms with E-state index < -0.39 is 28.0 Å². The van der Waals surface area contributed by atoms with E-state index >= 15 is 0 Å². The Balaban J connectivity index is 1.72. The quantitative estimate of drug-likeness (QED) is 0.799. The zero-order valence-electron chi connectivity index (χ0n) is 16.0. The minimum atomic E-state index is -3.51. The Morgan fingerprint density at radius 3 is 2.71 bits per heavy atom. The average Bonchev–Trinajstić information content (AvgIpc) is 2.62. The summed E-state index contributed by atoms with van der Waals surface area (Å²) >= 11 is 0. The lowest BCUT2D eigenvalue weighted by Gasteiger charge is -2.27. The van der Waals surface area contributed by atoms with Crippen molar-refractivity contribution in [1.29, 1.82) is 0 Å². The SMILES string of the molecule is Cc1cc(C(C)NC(=O)[C@H]2CCc3ccccc3O2)c(F)cc1NS(C)(=O)=O. The van der Waals surface area contributed by atoms with Gasteiger partial charge in [-0.1, -0.05) is 18.2 Å². The first-order valence-electron chi connectivity index (χ1n) is 8.97. The van der Waals surface area contributed by atoms with Gasteiger partial charge in [0.05, 0.1) is 18.0 Å². The maximum absolute atomic E-state index is 14.5. The number of carbonyl (C=O) groups excluding carboxylic acids is 1. The summed E-state index contributed by atoms with van der Waals surface area (Å²) in [7, 11) is -3.51. The van der Waals surface area contributed by atoms with E-state index in [-0.39, 0.29) is 17.2 Å². The molecule has 0 aromatic heterocycles. The molecule has 0 saturated heterocycles. The molecular weight excluding hydrogens is 383 g/mol. The minimum absolute atomic E-state index is 0.175. The Morgan fingerprint density at radius 1 is 1.29 bits per heavy atom. The number of hydrogen-bond acceptors (Lipinski definition) is 4. The Kier molecular flexibility index (Phi) is 5.60. The highest BCUT2D eigenvalue weighted by molar-refractivity contribution is 7.92. The summed E-state index contributed by atoms with van der Waals surface area (Å²) in [6.45, 7) is 3.35. The number of benzene rings is 2. The predicted octanol–water partition coefficient (Wildman–Crippen LogP) is 3.08. The lowest BCUT2D eigenvalue weighted by molar-refractivity contribution is -0.129. The summed E-state index contributed by atoms with van der Waals surface area (Å²) in [5.41, 5.74) is 2.08. The van der Waals surface area contributed by atoms with Crippen molar-refractivity contribution in [2.24, 2.45) is 0 Å². The third kappa shape index (κ3) is 4.62. The van der Waals surface area contributed by atoms with E-state index in [4.69, 9.17) is 4.74 Å². The molecule has 28 heavy (non-hydrogen) atoms. The summed E-state index contributed by atoms with van der Waals surface area (Å²) < 4.78 is 45.4. The van der Waals surface area contributed by atoms with E-state index in [2.05, 4.69) is 10.0 Å². The smallest absolute Gasteiger partial charge is 0.261 e. The van der Waals surface area contributed by atoms with Crippen molar-refractivity contribution in [3.8, 4) is 5.75 Å². The van der Waals surface area contributed by atoms with Crippen molar-refractivity contribution in [3.63, 3.8) is 0 Å². The maximum atomic E-state index is 14.5. The van der Waals surface area contributed by atoms with Gasteiger partial charge in [0.1, 0.15) is 11.6 Å². The molecule has 2 aromatic rings. The highest BCUT2D eigenvalue weighted by Crippen LogP contribution is 2.28. The fourth-order valence-electron chi connectivity index (χ4n) is 3.24. The number of ether oxygens (including phenoxy) is 1. The van der Waals surface area contributed by atoms with E-state index in [1.165, 1.54) is 6.07 Å². The van der Waals surface area contributed by atoms with Gasteiger partial charge >= 0.3 is 0 Å². The van der Waals surface area contributed by atoms with Gasteiger partial charge in [0.15, 0.2) is 6.10 Å². The second-order valence-electron chi connectivity index (χ2n) is 7.05. The molecule has 1 aliphatic rings. The third-order valence-corrected chi connectivity index (χ3v) is 5.27. The summed E-state index contributed by atoms with van der Waals surface area (Å²) in [5, 5.41) is 2.79. The van der Waals surface area contributed by atoms with Crippen LogP contribution in [0.4, 0.5) is 10.1 Å². The highest BCUT2D eigenvalue weighted by Gasteiger charge is 2.27. The first-order chi connectivity index (χ1) is 13.1. The second kappa shape index (κ2) is 7.79. The van der Waals surface area contributed by atoms with Gasteiger partial charge in [-0.05, 0) is 56.0 Å². The first kappa shape index (κ1) is 20.1. The first-order valence-corrected chi connectivity index (χ1v) is 10.9. The van der Waals surface area contributed by atoms with Crippen LogP contribution in [0.5, 0.6) is 5.75 Å². The molecule has 1 aliphatic heterocycles. The standard InChI is InChI=1S/C20H23FN2O4S/c1-12-10-15(16(21)11-17(12)23-28(3,25)26)13(2)22-20(24)19-9-8-14-6-4-5-7-18(14)27-19/h4-7,10-11,13,19,23H,8-9H2,1-3H3,(H,22,24)/t13?,19-/m1/s1. The number of halogens is 1. The maximum Gasteiger partial charge on any atom is 0.261 e. The summed E-state index contributed by atoms with van der Waals surface area (Å²) in [4.78, 5) is 12.6. The predicted molar refractivity (Wildman–Crippen MR) is 105 cm³/mol. The van der Waals surface area contributed by atoms with Gasteiger partial charge < -0.3 is 10.1 Å². The van der Waals surface area contributed by atoms with Crippen molar-refractivity contribution >= 4 is 21.6 Å². The third-order valence-electron chi connectivity index (χ3n) is 4.67. The van der Waals surface area contributed by atoms with Gasteiger partial charge in [-0.25, -0.2) is 12.8 Å². The number of carbonyl (C=O) groups is 1. The normalized spacial score (nSPS) is 17.2. The zero-order chi connectivity index (χ0) is 20.5. The molecule has 8 heteroatoms. The molecule has 0 radical (unpaired) electrons. The molecule has 0 aliphatic carbocycles. The fraction of sp³-hybridized carbons (Fsp3) is 0.350. The van der Waals surface area contributed by atoms with Gasteiger partial charge in [0.2, 0.25) is 10.0 Å². The van der Waals surface area contributed by atoms with Gasteiger partial charge in [0.25, 0.3) is 5.91 Å². The molecule has 6 nitrogen and oxygen atoms in total. The molecule has 150 valence electrons. The monoisotopic (exact) mass is 406 g/mol. The van der Waals surface area contributed by atoms with E-state index in [9.17, 15) is 17.6 Å². The number of hydrogen-bond donors (Lipinski definition) is 2. The van der Waals surface area contributed by atoms with Crippen LogP contribution in [0.3, 0.4) is 0 Å². The Hall–Kier alpha value is -2.61. The molecule has 1 unspecified atom stereocenters. The van der Waals surface area contributed by atoms with Crippen LogP contribution in [-0.2, 0) is 21.2 Å². The fourth-order valence-corrected chi connectivity index (χ4v) is 3.86. The summed E-state index contributed by atoms with van der Waals surface area (Å²) in [6, 6.07) is 9.64. The highest BCUT2D eigenvalue weighted by atomic mass is 32.2. The molecule has 1 amide bonds. The summed E-state index contributed by atoms with van der Waals surface area (Å²) in [6.07, 6.45) is 1.66. The Labute approximate surface area is 164 Å². The number of fused-ring (bicyclic) bond motifs is 1. The molecule has 2 aromatic carbocycles. The van der Waals surface area contributed by atoms with Crippen molar-refractivity contribution < 1.29 is 22.3 Å². The molecular formula is C20H23FN2O4S. The molecule has 0 bridgehead atoms. The zero-order valence-corrected chi connectivity index (χ0v) is 16.8. The number of aryl methyl sites for hydroxylation is 2. The summed E-state index contributed by atoms with van der Waals surface area (Å²) in [5.74, 6) is -0.211. The Morgan fingerprint density at radius 2 is 2.00 bits per heavy atom. The van der Waals surface area contributed by atoms with E-state index in [0.29, 0.717) is 17.7 Å². The van der Waals surface area contributed by atoms with Crippen molar-refractivity contribution in [2.75, 3.05) is 11.0 Å². The van der Waals surface area contributed by atoms with E-state index in [1.54, 1.807) is 13.8 Å². The minimum Gasteiger partial charge on any atom is -0.480 e. The number of sulfonamides is 1. The number of nitrogens with one attached hydrogen (secondary N) is 2. The molecule has 0 spiro atoms. The van der Waals surface area contributed by atoms with Crippen molar-refractivity contribution in [2.45, 2.75) is 38.8 Å². The Bertz CT molecular complexity index is 1010. The van der Waals surface area contributed by atoms with Crippen LogP contribution >= 0.6 is 0 Å². The van der Waals surface area contributed by atoms with Gasteiger partial charge in [0, 0.05) is 5.56 Å². The van der Waals surface area contributed by atoms with E-state index in [1.807, 2.05) is 24.3 Å². The topological polar surface area (TPSA) is 84.5 Å². The van der Waals surface area contributed by atoms with Crippen molar-refractivity contribution in [1.82, 2.24) is 5.32 Å². The van der Waals surface area contributed by atoms with Crippen molar-refractivity contribution in [3.05, 3.63) is 58.9 Å². The van der Waals surface area contributed by atoms with Crippen LogP contribution in [0.25, 0.3) is 0 Å². The number of anilines is 1. The van der Waals surface area contributed by atoms with Gasteiger partial charge in [-0.3, -0.25) is 9.52 Å². The van der Waals surface area contributed by atoms with Crippen LogP contribution in [-0.4, -0.2) is 26.7 Å². The van der Waals surface area contributed by atoms with E-state index in [0.717, 1.165) is 24.3 Å². The molecule has 2 atom stereocenters. The van der Waals surface area contributed by atoms with Crippen LogP contribution in [0.2, 0.25) is 0 Å². The number of para-hydroxylation sites is 1. The van der Waals surface area contributed by atoms with Crippen LogP contribution in [0, 0.1) is 12.7 Å². The van der Waals surface area contributed by atoms with Gasteiger partial charge in [-0.15, -0.1) is 0 Å². The van der Waals surface area contributed by atoms with Crippen LogP contribution < -0.4 is 14.8 Å². The molecule has 2 N–H and O–H groups in total. The number of rotatable bonds is 5. The van der Waals surface area contributed by atoms with Crippen LogP contribution in [0.1, 0.15) is 36.1 Å². The molecule has 3 rings (SSSR count).